The molecule has 0 saturated heterocycles. The molecule has 0 amide bonds. The number of alkyl halides is 4. The number of hydrogen-bond donors (Lipinski definition) is 0. The Labute approximate surface area is 84.7 Å². The molecule has 1 radical (unpaired) electrons. The third kappa shape index (κ3) is 3.42. The van der Waals surface area contributed by atoms with Gasteiger partial charge in [0.15, 0.2) is 0 Å². The summed E-state index contributed by atoms with van der Waals surface area (Å²) in [6.45, 7) is 4.64. The van der Waals surface area contributed by atoms with Gasteiger partial charge in [0.05, 0.1) is 0 Å². The average molecular weight is 221 g/mol. The summed E-state index contributed by atoms with van der Waals surface area (Å²) in [7, 11) is 0. The molecule has 1 unspecified atom stereocenters. The molecule has 5 heteroatoms. The lowest BCUT2D eigenvalue weighted by atomic mass is 10.1. The van der Waals surface area contributed by atoms with E-state index in [0.29, 0.717) is 5.56 Å². The number of halogens is 4. The Bertz CT molecular complexity index is 344. The first-order chi connectivity index (χ1) is 6.79. The summed E-state index contributed by atoms with van der Waals surface area (Å²) in [6.07, 6.45) is -6.18. The van der Waals surface area contributed by atoms with Gasteiger partial charge in [-0.3, -0.25) is 0 Å². The van der Waals surface area contributed by atoms with Crippen molar-refractivity contribution in [2.45, 2.75) is 19.5 Å². The van der Waals surface area contributed by atoms with Gasteiger partial charge in [0.25, 0.3) is 0 Å². The molecule has 1 aromatic carbocycles. The van der Waals surface area contributed by atoms with Crippen molar-refractivity contribution in [1.82, 2.24) is 0 Å². The van der Waals surface area contributed by atoms with Crippen molar-refractivity contribution in [1.29, 1.82) is 0 Å². The van der Waals surface area contributed by atoms with E-state index in [1.165, 1.54) is 13.0 Å². The highest BCUT2D eigenvalue weighted by atomic mass is 19.4. The maximum absolute atomic E-state index is 12.8. The molecule has 1 atom stereocenters. The van der Waals surface area contributed by atoms with Crippen molar-refractivity contribution in [2.24, 2.45) is 0 Å². The van der Waals surface area contributed by atoms with Gasteiger partial charge in [-0.25, -0.2) is 4.39 Å². The lowest BCUT2D eigenvalue weighted by molar-refractivity contribution is -0.274. The second kappa shape index (κ2) is 4.08. The first-order valence-corrected chi connectivity index (χ1v) is 4.13. The van der Waals surface area contributed by atoms with E-state index in [-0.39, 0.29) is 11.3 Å². The molecule has 0 saturated carbocycles. The number of aryl methyl sites for hydroxylation is 1. The summed E-state index contributed by atoms with van der Waals surface area (Å²) >= 11 is 0. The van der Waals surface area contributed by atoms with E-state index in [4.69, 9.17) is 0 Å². The molecule has 83 valence electrons. The van der Waals surface area contributed by atoms with Crippen molar-refractivity contribution < 1.29 is 22.3 Å². The van der Waals surface area contributed by atoms with Crippen LogP contribution in [0.15, 0.2) is 18.2 Å². The van der Waals surface area contributed by atoms with Crippen LogP contribution in [0, 0.1) is 13.8 Å². The van der Waals surface area contributed by atoms with Crippen LogP contribution in [0.2, 0.25) is 0 Å². The van der Waals surface area contributed by atoms with Gasteiger partial charge < -0.3 is 4.74 Å². The summed E-state index contributed by atoms with van der Waals surface area (Å²) in [5.74, 6) is -0.357. The monoisotopic (exact) mass is 221 g/mol. The average Bonchev–Trinajstić information content (AvgIpc) is 1.99. The highest BCUT2D eigenvalue weighted by molar-refractivity contribution is 5.36. The quantitative estimate of drug-likeness (QED) is 0.691. The molecular weight excluding hydrogens is 212 g/mol. The van der Waals surface area contributed by atoms with Gasteiger partial charge in [-0.1, -0.05) is 6.07 Å². The molecule has 0 aliphatic rings. The number of benzene rings is 1. The van der Waals surface area contributed by atoms with E-state index in [9.17, 15) is 17.6 Å². The van der Waals surface area contributed by atoms with Crippen LogP contribution in [-0.2, 0) is 0 Å². The minimum absolute atomic E-state index is 0.254. The van der Waals surface area contributed by atoms with E-state index < -0.39 is 12.5 Å². The number of hydrogen-bond acceptors (Lipinski definition) is 1. The zero-order chi connectivity index (χ0) is 11.6. The Morgan fingerprint density at radius 3 is 2.33 bits per heavy atom. The van der Waals surface area contributed by atoms with Crippen molar-refractivity contribution in [3.8, 4) is 5.75 Å². The second-order valence-corrected chi connectivity index (χ2v) is 3.03. The molecule has 0 aromatic heterocycles. The maximum Gasteiger partial charge on any atom is 0.573 e. The minimum Gasteiger partial charge on any atom is -0.406 e. The fourth-order valence-corrected chi connectivity index (χ4v) is 1.20. The summed E-state index contributed by atoms with van der Waals surface area (Å²) < 4.78 is 51.9. The van der Waals surface area contributed by atoms with Crippen molar-refractivity contribution in [3.63, 3.8) is 0 Å². The highest BCUT2D eigenvalue weighted by Crippen LogP contribution is 2.27. The number of rotatable bonds is 2. The summed E-state index contributed by atoms with van der Waals surface area (Å²) in [6, 6.07) is 3.42. The molecule has 1 rings (SSSR count). The third-order valence-electron chi connectivity index (χ3n) is 1.81. The second-order valence-electron chi connectivity index (χ2n) is 3.03. The van der Waals surface area contributed by atoms with E-state index in [1.807, 2.05) is 0 Å². The van der Waals surface area contributed by atoms with Crippen molar-refractivity contribution in [2.75, 3.05) is 0 Å². The largest absolute Gasteiger partial charge is 0.573 e. The number of ether oxygens (including phenoxy) is 1. The molecule has 0 heterocycles. The van der Waals surface area contributed by atoms with Gasteiger partial charge in [0.1, 0.15) is 11.9 Å². The molecular formula is C10H9F4O. The Balaban J connectivity index is 2.92. The van der Waals surface area contributed by atoms with Crippen molar-refractivity contribution >= 4 is 0 Å². The summed E-state index contributed by atoms with van der Waals surface area (Å²) in [5.41, 5.74) is 0.628. The first kappa shape index (κ1) is 11.8. The topological polar surface area (TPSA) is 9.23 Å². The minimum atomic E-state index is -4.73. The fourth-order valence-electron chi connectivity index (χ4n) is 1.20. The van der Waals surface area contributed by atoms with E-state index in [0.717, 1.165) is 12.1 Å². The zero-order valence-electron chi connectivity index (χ0n) is 7.94. The molecule has 15 heavy (non-hydrogen) atoms. The Hall–Kier alpha value is -1.26. The van der Waals surface area contributed by atoms with Crippen LogP contribution in [0.5, 0.6) is 5.75 Å². The Kier molecular flexibility index (Phi) is 3.21. The van der Waals surface area contributed by atoms with E-state index >= 15 is 0 Å². The molecule has 1 nitrogen and oxygen atoms in total. The standard InChI is InChI=1S/C10H9F4O/c1-6-5-8(15-10(12,13)14)3-4-9(6)7(2)11/h3-5,7H,2H2,1H3. The molecule has 0 aliphatic heterocycles. The van der Waals surface area contributed by atoms with E-state index in [1.54, 1.807) is 0 Å². The molecule has 0 fully saturated rings. The van der Waals surface area contributed by atoms with Gasteiger partial charge >= 0.3 is 6.36 Å². The normalized spacial score (nSPS) is 13.7. The van der Waals surface area contributed by atoms with Crippen molar-refractivity contribution in [3.05, 3.63) is 36.2 Å². The van der Waals surface area contributed by atoms with Gasteiger partial charge in [0, 0.05) is 0 Å². The first-order valence-electron chi connectivity index (χ1n) is 4.13. The SMILES string of the molecule is [CH2]C(F)c1ccc(OC(F)(F)F)cc1C. The summed E-state index contributed by atoms with van der Waals surface area (Å²) in [5, 5.41) is 0. The smallest absolute Gasteiger partial charge is 0.406 e. The van der Waals surface area contributed by atoms with Gasteiger partial charge in [-0.15, -0.1) is 13.2 Å². The molecule has 0 aliphatic carbocycles. The fraction of sp³-hybridized carbons (Fsp3) is 0.300. The third-order valence-corrected chi connectivity index (χ3v) is 1.81. The van der Waals surface area contributed by atoms with Crippen LogP contribution in [-0.4, -0.2) is 6.36 Å². The maximum atomic E-state index is 12.8. The van der Waals surface area contributed by atoms with Crippen LogP contribution < -0.4 is 4.74 Å². The highest BCUT2D eigenvalue weighted by Gasteiger charge is 2.31. The van der Waals surface area contributed by atoms with E-state index in [2.05, 4.69) is 11.7 Å². The van der Waals surface area contributed by atoms with Gasteiger partial charge in [-0.2, -0.15) is 0 Å². The zero-order valence-corrected chi connectivity index (χ0v) is 7.94. The molecule has 0 spiro atoms. The summed E-state index contributed by atoms with van der Waals surface area (Å²) in [4.78, 5) is 0. The van der Waals surface area contributed by atoms with Crippen LogP contribution in [0.4, 0.5) is 17.6 Å². The van der Waals surface area contributed by atoms with Crippen LogP contribution >= 0.6 is 0 Å². The van der Waals surface area contributed by atoms with Gasteiger partial charge in [0.2, 0.25) is 0 Å². The molecule has 0 N–H and O–H groups in total. The van der Waals surface area contributed by atoms with Crippen LogP contribution in [0.3, 0.4) is 0 Å². The molecule has 0 bridgehead atoms. The van der Waals surface area contributed by atoms with Crippen LogP contribution in [0.25, 0.3) is 0 Å². The lowest BCUT2D eigenvalue weighted by Crippen LogP contribution is -2.17. The predicted octanol–water partition coefficient (Wildman–Crippen LogP) is 3.74. The predicted molar refractivity (Wildman–Crippen MR) is 47.1 cm³/mol. The van der Waals surface area contributed by atoms with Gasteiger partial charge in [-0.05, 0) is 37.1 Å². The Morgan fingerprint density at radius 1 is 1.33 bits per heavy atom. The lowest BCUT2D eigenvalue weighted by Gasteiger charge is -2.12. The van der Waals surface area contributed by atoms with Crippen LogP contribution in [0.1, 0.15) is 17.3 Å². The molecule has 1 aromatic rings. The Morgan fingerprint density at radius 2 is 1.93 bits per heavy atom.